The lowest BCUT2D eigenvalue weighted by atomic mass is 10.0. The van der Waals surface area contributed by atoms with Gasteiger partial charge < -0.3 is 16.4 Å². The van der Waals surface area contributed by atoms with Crippen LogP contribution in [0.3, 0.4) is 0 Å². The summed E-state index contributed by atoms with van der Waals surface area (Å²) < 4.78 is 0. The zero-order chi connectivity index (χ0) is 12.7. The molecule has 17 heavy (non-hydrogen) atoms. The van der Waals surface area contributed by atoms with Crippen molar-refractivity contribution in [3.8, 4) is 0 Å². The maximum Gasteiger partial charge on any atom is 0.242 e. The van der Waals surface area contributed by atoms with Crippen LogP contribution in [0.25, 0.3) is 0 Å². The molecule has 1 saturated heterocycles. The number of carbonyl (C=O) groups is 2. The van der Waals surface area contributed by atoms with E-state index in [-0.39, 0.29) is 23.8 Å². The number of nitrogens with one attached hydrogen (secondary N) is 2. The van der Waals surface area contributed by atoms with E-state index in [0.717, 1.165) is 25.7 Å². The lowest BCUT2D eigenvalue weighted by Crippen LogP contribution is -2.46. The van der Waals surface area contributed by atoms with Gasteiger partial charge in [0, 0.05) is 13.0 Å². The molecule has 1 fully saturated rings. The first kappa shape index (κ1) is 14.0. The van der Waals surface area contributed by atoms with Crippen LogP contribution in [0.4, 0.5) is 0 Å². The summed E-state index contributed by atoms with van der Waals surface area (Å²) in [6, 6.07) is -0.361. The fourth-order valence-electron chi connectivity index (χ4n) is 1.99. The predicted octanol–water partition coefficient (Wildman–Crippen LogP) is 0.146. The Kier molecular flexibility index (Phi) is 5.97. The summed E-state index contributed by atoms with van der Waals surface area (Å²) >= 11 is 0. The minimum Gasteiger partial charge on any atom is -0.354 e. The van der Waals surface area contributed by atoms with Gasteiger partial charge in [-0.3, -0.25) is 9.59 Å². The molecule has 4 N–H and O–H groups in total. The molecule has 2 atom stereocenters. The van der Waals surface area contributed by atoms with Gasteiger partial charge in [0.05, 0.1) is 0 Å². The number of carbonyl (C=O) groups excluding carboxylic acids is 2. The van der Waals surface area contributed by atoms with E-state index in [9.17, 15) is 9.59 Å². The van der Waals surface area contributed by atoms with Crippen LogP contribution in [0.5, 0.6) is 0 Å². The molecule has 0 radical (unpaired) electrons. The first-order chi connectivity index (χ1) is 8.17. The molecule has 0 aliphatic carbocycles. The van der Waals surface area contributed by atoms with E-state index >= 15 is 0 Å². The van der Waals surface area contributed by atoms with Crippen molar-refractivity contribution in [1.82, 2.24) is 10.6 Å². The molecule has 98 valence electrons. The lowest BCUT2D eigenvalue weighted by molar-refractivity contribution is -0.129. The van der Waals surface area contributed by atoms with Crippen molar-refractivity contribution in [1.29, 1.82) is 0 Å². The molecular formula is C12H23N3O2. The largest absolute Gasteiger partial charge is 0.354 e. The molecule has 1 aliphatic heterocycles. The SMILES string of the molecule is CCC(CN)CC(=O)NC1CCCCNC1=O. The molecule has 0 spiro atoms. The Balaban J connectivity index is 2.40. The summed E-state index contributed by atoms with van der Waals surface area (Å²) in [5, 5.41) is 5.60. The van der Waals surface area contributed by atoms with Gasteiger partial charge in [-0.25, -0.2) is 0 Å². The lowest BCUT2D eigenvalue weighted by Gasteiger charge is -2.17. The van der Waals surface area contributed by atoms with E-state index in [1.165, 1.54) is 0 Å². The summed E-state index contributed by atoms with van der Waals surface area (Å²) in [6.45, 7) is 3.25. The molecule has 5 heteroatoms. The summed E-state index contributed by atoms with van der Waals surface area (Å²) in [7, 11) is 0. The quantitative estimate of drug-likeness (QED) is 0.640. The fraction of sp³-hybridized carbons (Fsp3) is 0.833. The molecule has 1 heterocycles. The molecule has 0 saturated carbocycles. The third-order valence-electron chi connectivity index (χ3n) is 3.26. The number of nitrogens with two attached hydrogens (primary N) is 1. The van der Waals surface area contributed by atoms with E-state index in [1.807, 2.05) is 6.92 Å². The summed E-state index contributed by atoms with van der Waals surface area (Å²) in [5.74, 6) is 0.0878. The second-order valence-corrected chi connectivity index (χ2v) is 4.62. The third kappa shape index (κ3) is 4.73. The number of hydrogen-bond acceptors (Lipinski definition) is 3. The van der Waals surface area contributed by atoms with Gasteiger partial charge >= 0.3 is 0 Å². The van der Waals surface area contributed by atoms with Crippen LogP contribution in [0, 0.1) is 5.92 Å². The average Bonchev–Trinajstić information content (AvgIpc) is 2.52. The van der Waals surface area contributed by atoms with E-state index in [4.69, 9.17) is 5.73 Å². The molecule has 1 rings (SSSR count). The van der Waals surface area contributed by atoms with Crippen LogP contribution in [-0.4, -0.2) is 30.9 Å². The highest BCUT2D eigenvalue weighted by Gasteiger charge is 2.22. The van der Waals surface area contributed by atoms with Gasteiger partial charge in [-0.05, 0) is 31.7 Å². The topological polar surface area (TPSA) is 84.2 Å². The highest BCUT2D eigenvalue weighted by Crippen LogP contribution is 2.08. The second-order valence-electron chi connectivity index (χ2n) is 4.62. The van der Waals surface area contributed by atoms with Gasteiger partial charge in [0.15, 0.2) is 0 Å². The van der Waals surface area contributed by atoms with E-state index in [1.54, 1.807) is 0 Å². The summed E-state index contributed by atoms with van der Waals surface area (Å²) in [6.07, 6.45) is 3.99. The number of amides is 2. The maximum absolute atomic E-state index is 11.8. The van der Waals surface area contributed by atoms with Gasteiger partial charge in [0.1, 0.15) is 6.04 Å². The van der Waals surface area contributed by atoms with Gasteiger partial charge in [-0.2, -0.15) is 0 Å². The zero-order valence-electron chi connectivity index (χ0n) is 10.5. The van der Waals surface area contributed by atoms with Crippen LogP contribution in [0.1, 0.15) is 39.0 Å². The van der Waals surface area contributed by atoms with E-state index in [0.29, 0.717) is 19.5 Å². The molecular weight excluding hydrogens is 218 g/mol. The third-order valence-corrected chi connectivity index (χ3v) is 3.26. The van der Waals surface area contributed by atoms with Crippen LogP contribution in [-0.2, 0) is 9.59 Å². The highest BCUT2D eigenvalue weighted by molar-refractivity contribution is 5.87. The fourth-order valence-corrected chi connectivity index (χ4v) is 1.99. The maximum atomic E-state index is 11.8. The van der Waals surface area contributed by atoms with Crippen molar-refractivity contribution in [3.05, 3.63) is 0 Å². The second kappa shape index (κ2) is 7.27. The van der Waals surface area contributed by atoms with Crippen LogP contribution in [0.2, 0.25) is 0 Å². The van der Waals surface area contributed by atoms with Gasteiger partial charge in [-0.1, -0.05) is 13.3 Å². The first-order valence-electron chi connectivity index (χ1n) is 6.44. The van der Waals surface area contributed by atoms with Crippen molar-refractivity contribution in [3.63, 3.8) is 0 Å². The molecule has 2 amide bonds. The van der Waals surface area contributed by atoms with Crippen LogP contribution >= 0.6 is 0 Å². The Morgan fingerprint density at radius 1 is 1.59 bits per heavy atom. The molecule has 5 nitrogen and oxygen atoms in total. The summed E-state index contributed by atoms with van der Waals surface area (Å²) in [5.41, 5.74) is 5.56. The van der Waals surface area contributed by atoms with Crippen molar-refractivity contribution in [2.45, 2.75) is 45.1 Å². The Bertz CT molecular complexity index is 264. The molecule has 0 aromatic carbocycles. The zero-order valence-corrected chi connectivity index (χ0v) is 10.5. The van der Waals surface area contributed by atoms with Gasteiger partial charge in [-0.15, -0.1) is 0 Å². The minimum atomic E-state index is -0.361. The molecule has 2 unspecified atom stereocenters. The van der Waals surface area contributed by atoms with Gasteiger partial charge in [0.2, 0.25) is 11.8 Å². The van der Waals surface area contributed by atoms with Crippen LogP contribution in [0.15, 0.2) is 0 Å². The summed E-state index contributed by atoms with van der Waals surface area (Å²) in [4.78, 5) is 23.4. The predicted molar refractivity (Wildman–Crippen MR) is 66.2 cm³/mol. The Labute approximate surface area is 103 Å². The smallest absolute Gasteiger partial charge is 0.242 e. The van der Waals surface area contributed by atoms with Crippen molar-refractivity contribution in [2.75, 3.05) is 13.1 Å². The van der Waals surface area contributed by atoms with Crippen molar-refractivity contribution in [2.24, 2.45) is 11.7 Å². The highest BCUT2D eigenvalue weighted by atomic mass is 16.2. The van der Waals surface area contributed by atoms with Crippen molar-refractivity contribution < 1.29 is 9.59 Å². The number of rotatable bonds is 5. The molecule has 1 aliphatic rings. The molecule has 0 bridgehead atoms. The average molecular weight is 241 g/mol. The number of hydrogen-bond donors (Lipinski definition) is 3. The standard InChI is InChI=1S/C12H23N3O2/c1-2-9(8-13)7-11(16)15-10-5-3-4-6-14-12(10)17/h9-10H,2-8,13H2,1H3,(H,14,17)(H,15,16). The van der Waals surface area contributed by atoms with Crippen molar-refractivity contribution >= 4 is 11.8 Å². The molecule has 0 aromatic rings. The minimum absolute atomic E-state index is 0.0587. The van der Waals surface area contributed by atoms with E-state index in [2.05, 4.69) is 10.6 Å². The Hall–Kier alpha value is -1.10. The van der Waals surface area contributed by atoms with Crippen LogP contribution < -0.4 is 16.4 Å². The van der Waals surface area contributed by atoms with Gasteiger partial charge in [0.25, 0.3) is 0 Å². The van der Waals surface area contributed by atoms with E-state index < -0.39 is 0 Å². The normalized spacial score (nSPS) is 22.5. The Morgan fingerprint density at radius 2 is 2.35 bits per heavy atom. The molecule has 0 aromatic heterocycles. The Morgan fingerprint density at radius 3 is 3.00 bits per heavy atom. The first-order valence-corrected chi connectivity index (χ1v) is 6.44. The monoisotopic (exact) mass is 241 g/mol.